The van der Waals surface area contributed by atoms with Gasteiger partial charge in [-0.2, -0.15) is 0 Å². The smallest absolute Gasteiger partial charge is 0.336 e. The van der Waals surface area contributed by atoms with E-state index in [2.05, 4.69) is 15.9 Å². The van der Waals surface area contributed by atoms with E-state index in [-0.39, 0.29) is 17.9 Å². The van der Waals surface area contributed by atoms with Crippen LogP contribution < -0.4 is 0 Å². The fraction of sp³-hybridized carbons (Fsp3) is 0.235. The minimum absolute atomic E-state index is 0.149. The number of nitrogens with zero attached hydrogens (tertiary/aromatic N) is 2. The fourth-order valence-electron chi connectivity index (χ4n) is 3.11. The molecule has 2 amide bonds. The van der Waals surface area contributed by atoms with Gasteiger partial charge in [0.1, 0.15) is 18.1 Å². The quantitative estimate of drug-likeness (QED) is 0.842. The Morgan fingerprint density at radius 3 is 2.52 bits per heavy atom. The summed E-state index contributed by atoms with van der Waals surface area (Å²) in [5.74, 6) is -2.29. The van der Waals surface area contributed by atoms with Gasteiger partial charge < -0.3 is 5.11 Å². The van der Waals surface area contributed by atoms with E-state index < -0.39 is 24.5 Å². The van der Waals surface area contributed by atoms with Gasteiger partial charge in [0, 0.05) is 16.6 Å². The summed E-state index contributed by atoms with van der Waals surface area (Å²) in [4.78, 5) is 36.4. The number of benzene rings is 1. The Kier molecular flexibility index (Phi) is 4.24. The van der Waals surface area contributed by atoms with Gasteiger partial charge in [-0.1, -0.05) is 22.0 Å². The number of rotatable bonds is 4. The maximum Gasteiger partial charge on any atom is 0.336 e. The van der Waals surface area contributed by atoms with Crippen molar-refractivity contribution in [3.63, 3.8) is 0 Å². The third-order valence-electron chi connectivity index (χ3n) is 4.35. The molecule has 1 aliphatic rings. The first-order valence-corrected chi connectivity index (χ1v) is 8.24. The molecule has 3 rings (SSSR count). The monoisotopic (exact) mass is 408 g/mol. The highest BCUT2D eigenvalue weighted by Crippen LogP contribution is 2.31. The molecule has 1 aromatic carbocycles. The molecule has 0 saturated heterocycles. The molecule has 0 unspecified atom stereocenters. The third-order valence-corrected chi connectivity index (χ3v) is 4.84. The van der Waals surface area contributed by atoms with Gasteiger partial charge in [-0.3, -0.25) is 14.2 Å². The fourth-order valence-corrected chi connectivity index (χ4v) is 3.44. The van der Waals surface area contributed by atoms with Gasteiger partial charge in [0.2, 0.25) is 0 Å². The van der Waals surface area contributed by atoms with Gasteiger partial charge in [-0.15, -0.1) is 0 Å². The molecule has 0 radical (unpaired) electrons. The molecular formula is C17H14BrFN2O4. The predicted molar refractivity (Wildman–Crippen MR) is 90.3 cm³/mol. The zero-order valence-electron chi connectivity index (χ0n) is 13.5. The van der Waals surface area contributed by atoms with E-state index in [1.807, 2.05) is 0 Å². The van der Waals surface area contributed by atoms with E-state index in [9.17, 15) is 18.8 Å². The summed E-state index contributed by atoms with van der Waals surface area (Å²) in [7, 11) is 0. The number of hydrogen-bond donors (Lipinski definition) is 1. The first kappa shape index (κ1) is 17.3. The summed E-state index contributed by atoms with van der Waals surface area (Å²) < 4.78 is 16.0. The van der Waals surface area contributed by atoms with Crippen molar-refractivity contribution in [1.29, 1.82) is 0 Å². The molecule has 0 aliphatic carbocycles. The van der Waals surface area contributed by atoms with Crippen LogP contribution in [-0.2, 0) is 11.2 Å². The standard InChI is InChI=1S/C17H14BrFN2O4/c1-8-12(5-10-3-4-11(18)6-13(10)19)9(2)21-15(8)16(24)20(17(21)25)7-14(22)23/h3-4,6H,5,7H2,1-2H3,(H,22,23). The lowest BCUT2D eigenvalue weighted by Gasteiger charge is -2.12. The van der Waals surface area contributed by atoms with Crippen LogP contribution in [0.1, 0.15) is 32.9 Å². The number of hydrogen-bond acceptors (Lipinski definition) is 3. The molecule has 0 atom stereocenters. The number of aromatic nitrogens is 1. The van der Waals surface area contributed by atoms with Gasteiger partial charge in [0.05, 0.1) is 0 Å². The molecule has 1 aliphatic heterocycles. The minimum atomic E-state index is -1.26. The average molecular weight is 409 g/mol. The lowest BCUT2D eigenvalue weighted by atomic mass is 10.0. The summed E-state index contributed by atoms with van der Waals surface area (Å²) in [6.45, 7) is 2.66. The molecule has 0 bridgehead atoms. The number of carboxylic acid groups (broad SMARTS) is 1. The van der Waals surface area contributed by atoms with Crippen LogP contribution in [0.3, 0.4) is 0 Å². The third kappa shape index (κ3) is 2.76. The number of halogens is 2. The minimum Gasteiger partial charge on any atom is -0.480 e. The Balaban J connectivity index is 2.03. The van der Waals surface area contributed by atoms with Gasteiger partial charge in [-0.05, 0) is 42.7 Å². The number of carboxylic acids is 1. The molecule has 130 valence electrons. The van der Waals surface area contributed by atoms with Crippen molar-refractivity contribution in [2.24, 2.45) is 0 Å². The van der Waals surface area contributed by atoms with Crippen LogP contribution in [-0.4, -0.2) is 39.0 Å². The van der Waals surface area contributed by atoms with Crippen molar-refractivity contribution in [1.82, 2.24) is 9.47 Å². The van der Waals surface area contributed by atoms with Crippen LogP contribution in [0.15, 0.2) is 22.7 Å². The maximum absolute atomic E-state index is 14.1. The molecule has 1 N–H and O–H groups in total. The van der Waals surface area contributed by atoms with Crippen LogP contribution in [0.4, 0.5) is 9.18 Å². The Labute approximate surface area is 151 Å². The molecular weight excluding hydrogens is 395 g/mol. The predicted octanol–water partition coefficient (Wildman–Crippen LogP) is 3.11. The first-order chi connectivity index (χ1) is 11.7. The van der Waals surface area contributed by atoms with E-state index in [0.29, 0.717) is 31.8 Å². The van der Waals surface area contributed by atoms with Crippen molar-refractivity contribution >= 4 is 33.8 Å². The van der Waals surface area contributed by atoms with Gasteiger partial charge >= 0.3 is 12.0 Å². The van der Waals surface area contributed by atoms with Crippen molar-refractivity contribution in [2.45, 2.75) is 20.3 Å². The molecule has 8 heteroatoms. The normalized spacial score (nSPS) is 13.5. The van der Waals surface area contributed by atoms with Crippen LogP contribution in [0.5, 0.6) is 0 Å². The molecule has 6 nitrogen and oxygen atoms in total. The van der Waals surface area contributed by atoms with Gasteiger partial charge in [-0.25, -0.2) is 14.1 Å². The number of aliphatic carboxylic acids is 1. The molecule has 25 heavy (non-hydrogen) atoms. The van der Waals surface area contributed by atoms with Crippen LogP contribution in [0, 0.1) is 19.7 Å². The van der Waals surface area contributed by atoms with Gasteiger partial charge in [0.15, 0.2) is 0 Å². The number of carbonyl (C=O) groups is 3. The summed E-state index contributed by atoms with van der Waals surface area (Å²) >= 11 is 3.20. The summed E-state index contributed by atoms with van der Waals surface area (Å²) in [6.07, 6.45) is 0.232. The number of imide groups is 1. The van der Waals surface area contributed by atoms with Crippen LogP contribution in [0.25, 0.3) is 0 Å². The summed E-state index contributed by atoms with van der Waals surface area (Å²) in [5, 5.41) is 8.87. The summed E-state index contributed by atoms with van der Waals surface area (Å²) in [5.41, 5.74) is 2.36. The highest BCUT2D eigenvalue weighted by Gasteiger charge is 2.40. The second-order valence-electron chi connectivity index (χ2n) is 5.85. The Hall–Kier alpha value is -2.48. The highest BCUT2D eigenvalue weighted by molar-refractivity contribution is 9.10. The maximum atomic E-state index is 14.1. The second kappa shape index (κ2) is 6.11. The topological polar surface area (TPSA) is 79.6 Å². The average Bonchev–Trinajstić information content (AvgIpc) is 2.91. The Bertz CT molecular complexity index is 896. The van der Waals surface area contributed by atoms with Gasteiger partial charge in [0.25, 0.3) is 5.91 Å². The SMILES string of the molecule is Cc1c(Cc2ccc(Br)cc2F)c(C)n2c1C(=O)N(CC(=O)O)C2=O. The van der Waals surface area contributed by atoms with Crippen molar-refractivity contribution in [3.8, 4) is 0 Å². The molecule has 2 aromatic rings. The van der Waals surface area contributed by atoms with Crippen molar-refractivity contribution < 1.29 is 23.9 Å². The lowest BCUT2D eigenvalue weighted by Crippen LogP contribution is -2.36. The van der Waals surface area contributed by atoms with E-state index in [4.69, 9.17) is 5.11 Å². The Morgan fingerprint density at radius 2 is 1.96 bits per heavy atom. The van der Waals surface area contributed by atoms with E-state index in [1.165, 1.54) is 10.6 Å². The molecule has 1 aromatic heterocycles. The molecule has 0 fully saturated rings. The first-order valence-electron chi connectivity index (χ1n) is 7.45. The number of carbonyl (C=O) groups excluding carboxylic acids is 2. The molecule has 2 heterocycles. The zero-order chi connectivity index (χ0) is 18.5. The van der Waals surface area contributed by atoms with E-state index >= 15 is 0 Å². The zero-order valence-corrected chi connectivity index (χ0v) is 15.1. The van der Waals surface area contributed by atoms with Crippen molar-refractivity contribution in [3.05, 3.63) is 56.6 Å². The van der Waals surface area contributed by atoms with E-state index in [0.717, 1.165) is 0 Å². The highest BCUT2D eigenvalue weighted by atomic mass is 79.9. The number of amides is 2. The summed E-state index contributed by atoms with van der Waals surface area (Å²) in [6, 6.07) is 4.03. The largest absolute Gasteiger partial charge is 0.480 e. The van der Waals surface area contributed by atoms with Crippen LogP contribution >= 0.6 is 15.9 Å². The van der Waals surface area contributed by atoms with Crippen LogP contribution in [0.2, 0.25) is 0 Å². The van der Waals surface area contributed by atoms with E-state index in [1.54, 1.807) is 26.0 Å². The second-order valence-corrected chi connectivity index (χ2v) is 6.77. The molecule has 0 saturated carbocycles. The van der Waals surface area contributed by atoms with Crippen molar-refractivity contribution in [2.75, 3.05) is 6.54 Å². The number of fused-ring (bicyclic) bond motifs is 1. The lowest BCUT2D eigenvalue weighted by molar-refractivity contribution is -0.137. The Morgan fingerprint density at radius 1 is 1.28 bits per heavy atom. The molecule has 0 spiro atoms.